The number of anilines is 1. The number of nitrogens with one attached hydrogen (secondary N) is 1. The summed E-state index contributed by atoms with van der Waals surface area (Å²) in [6.07, 6.45) is -4.64. The molecule has 0 spiro atoms. The highest BCUT2D eigenvalue weighted by atomic mass is 19.4. The first-order valence-electron chi connectivity index (χ1n) is 9.40. The van der Waals surface area contributed by atoms with Gasteiger partial charge in [-0.1, -0.05) is 30.3 Å². The second kappa shape index (κ2) is 6.34. The molecular formula is C23H15F3N2O3. The van der Waals surface area contributed by atoms with Crippen molar-refractivity contribution in [3.63, 3.8) is 0 Å². The molecule has 2 heterocycles. The fraction of sp³-hybridized carbons (Fsp3) is 0.130. The van der Waals surface area contributed by atoms with Gasteiger partial charge in [-0.25, -0.2) is 4.98 Å². The van der Waals surface area contributed by atoms with Crippen LogP contribution < -0.4 is 5.32 Å². The lowest BCUT2D eigenvalue weighted by Crippen LogP contribution is -2.37. The molecule has 0 aliphatic carbocycles. The molecule has 0 saturated carbocycles. The van der Waals surface area contributed by atoms with Gasteiger partial charge in [0.05, 0.1) is 11.3 Å². The Morgan fingerprint density at radius 1 is 1.03 bits per heavy atom. The van der Waals surface area contributed by atoms with Gasteiger partial charge in [-0.2, -0.15) is 13.2 Å². The molecule has 1 unspecified atom stereocenters. The lowest BCUT2D eigenvalue weighted by Gasteiger charge is -2.29. The average molecular weight is 424 g/mol. The first-order chi connectivity index (χ1) is 14.7. The van der Waals surface area contributed by atoms with Gasteiger partial charge in [0, 0.05) is 12.5 Å². The average Bonchev–Trinajstić information content (AvgIpc) is 3.23. The van der Waals surface area contributed by atoms with E-state index in [2.05, 4.69) is 10.3 Å². The number of phenolic OH excluding ortho intramolecular Hbond substituents is 1. The molecule has 1 atom stereocenters. The molecule has 31 heavy (non-hydrogen) atoms. The number of alkyl halides is 3. The molecule has 3 aromatic carbocycles. The second-order valence-corrected chi connectivity index (χ2v) is 7.39. The molecule has 1 aliphatic heterocycles. The summed E-state index contributed by atoms with van der Waals surface area (Å²) < 4.78 is 46.6. The van der Waals surface area contributed by atoms with Crippen LogP contribution in [0.3, 0.4) is 0 Å². The number of phenols is 1. The third-order valence-corrected chi connectivity index (χ3v) is 5.58. The first kappa shape index (κ1) is 19.2. The molecule has 5 nitrogen and oxygen atoms in total. The fourth-order valence-corrected chi connectivity index (χ4v) is 4.29. The number of carbonyl (C=O) groups is 1. The van der Waals surface area contributed by atoms with Crippen LogP contribution in [0.1, 0.15) is 28.1 Å². The van der Waals surface area contributed by atoms with Crippen LogP contribution in [0.5, 0.6) is 5.75 Å². The van der Waals surface area contributed by atoms with Crippen molar-refractivity contribution in [3.05, 3.63) is 88.8 Å². The number of nitrogens with zero attached hydrogens (tertiary/aromatic N) is 1. The molecule has 1 amide bonds. The summed E-state index contributed by atoms with van der Waals surface area (Å²) in [6.45, 7) is 1.68. The van der Waals surface area contributed by atoms with Crippen LogP contribution in [0.4, 0.5) is 18.9 Å². The monoisotopic (exact) mass is 424 g/mol. The minimum atomic E-state index is -4.64. The van der Waals surface area contributed by atoms with Crippen molar-refractivity contribution < 1.29 is 27.5 Å². The molecule has 2 N–H and O–H groups in total. The van der Waals surface area contributed by atoms with Crippen LogP contribution >= 0.6 is 0 Å². The van der Waals surface area contributed by atoms with Crippen molar-refractivity contribution in [2.45, 2.75) is 18.5 Å². The zero-order valence-electron chi connectivity index (χ0n) is 16.1. The van der Waals surface area contributed by atoms with E-state index in [9.17, 15) is 23.1 Å². The van der Waals surface area contributed by atoms with E-state index >= 15 is 0 Å². The third kappa shape index (κ3) is 2.71. The van der Waals surface area contributed by atoms with Crippen molar-refractivity contribution in [3.8, 4) is 5.75 Å². The standard InChI is InChI=1S/C23H15F3N2O3/c1-12-27-18-11-14(7-10-19(18)31-12)22(13-5-8-15(29)9-6-13)16-3-2-4-17(23(24,25)26)20(16)28-21(22)30/h2-11,29H,1H3,(H,28,30). The summed E-state index contributed by atoms with van der Waals surface area (Å²) in [5, 5.41) is 12.2. The molecule has 0 saturated heterocycles. The van der Waals surface area contributed by atoms with Crippen LogP contribution in [0, 0.1) is 6.92 Å². The predicted octanol–water partition coefficient (Wildman–Crippen LogP) is 5.15. The van der Waals surface area contributed by atoms with Crippen molar-refractivity contribution in [1.29, 1.82) is 0 Å². The highest BCUT2D eigenvalue weighted by molar-refractivity contribution is 6.12. The van der Waals surface area contributed by atoms with Crippen LogP contribution in [0.2, 0.25) is 0 Å². The Bertz CT molecular complexity index is 1340. The summed E-state index contributed by atoms with van der Waals surface area (Å²) in [5.41, 5.74) is -0.730. The van der Waals surface area contributed by atoms with Gasteiger partial charge in [0.25, 0.3) is 0 Å². The van der Waals surface area contributed by atoms with Crippen molar-refractivity contribution in [2.24, 2.45) is 0 Å². The fourth-order valence-electron chi connectivity index (χ4n) is 4.29. The summed E-state index contributed by atoms with van der Waals surface area (Å²) in [6, 6.07) is 14.5. The molecule has 1 aliphatic rings. The highest BCUT2D eigenvalue weighted by Gasteiger charge is 2.52. The van der Waals surface area contributed by atoms with Gasteiger partial charge in [0.2, 0.25) is 5.91 Å². The van der Waals surface area contributed by atoms with E-state index in [0.717, 1.165) is 6.07 Å². The lowest BCUT2D eigenvalue weighted by atomic mass is 9.70. The van der Waals surface area contributed by atoms with Crippen molar-refractivity contribution >= 4 is 22.7 Å². The maximum absolute atomic E-state index is 13.7. The number of oxazole rings is 1. The van der Waals surface area contributed by atoms with Gasteiger partial charge in [0.15, 0.2) is 11.5 Å². The SMILES string of the molecule is Cc1nc2cc(C3(c4ccc(O)cc4)C(=O)Nc4c(C(F)(F)F)cccc43)ccc2o1. The van der Waals surface area contributed by atoms with Crippen LogP contribution in [0.15, 0.2) is 65.1 Å². The number of halogens is 3. The highest BCUT2D eigenvalue weighted by Crippen LogP contribution is 2.51. The van der Waals surface area contributed by atoms with Crippen LogP contribution in [-0.4, -0.2) is 16.0 Å². The number of para-hydroxylation sites is 1. The van der Waals surface area contributed by atoms with Crippen molar-refractivity contribution in [2.75, 3.05) is 5.32 Å². The normalized spacial score (nSPS) is 18.3. The maximum Gasteiger partial charge on any atom is 0.418 e. The molecule has 1 aromatic heterocycles. The van der Waals surface area contributed by atoms with E-state index in [1.54, 1.807) is 25.1 Å². The first-order valence-corrected chi connectivity index (χ1v) is 9.40. The summed E-state index contributed by atoms with van der Waals surface area (Å²) >= 11 is 0. The Morgan fingerprint density at radius 3 is 2.45 bits per heavy atom. The van der Waals surface area contributed by atoms with E-state index in [0.29, 0.717) is 28.1 Å². The maximum atomic E-state index is 13.7. The summed E-state index contributed by atoms with van der Waals surface area (Å²) in [7, 11) is 0. The van der Waals surface area contributed by atoms with E-state index in [4.69, 9.17) is 4.42 Å². The Balaban J connectivity index is 1.87. The largest absolute Gasteiger partial charge is 0.508 e. The zero-order chi connectivity index (χ0) is 22.0. The lowest BCUT2D eigenvalue weighted by molar-refractivity contribution is -0.136. The van der Waals surface area contributed by atoms with E-state index in [1.807, 2.05) is 0 Å². The van der Waals surface area contributed by atoms with Crippen molar-refractivity contribution in [1.82, 2.24) is 4.98 Å². The quantitative estimate of drug-likeness (QED) is 0.467. The Labute approximate surface area is 174 Å². The molecule has 0 bridgehead atoms. The molecule has 4 aromatic rings. The number of hydrogen-bond donors (Lipinski definition) is 2. The van der Waals surface area contributed by atoms with Gasteiger partial charge in [-0.05, 0) is 41.5 Å². The number of amides is 1. The van der Waals surface area contributed by atoms with Gasteiger partial charge in [-0.15, -0.1) is 0 Å². The molecule has 5 rings (SSSR count). The summed E-state index contributed by atoms with van der Waals surface area (Å²) in [4.78, 5) is 17.8. The number of fused-ring (bicyclic) bond motifs is 2. The number of hydrogen-bond acceptors (Lipinski definition) is 4. The minimum absolute atomic E-state index is 0.0239. The number of benzene rings is 3. The van der Waals surface area contributed by atoms with E-state index in [-0.39, 0.29) is 17.0 Å². The van der Waals surface area contributed by atoms with Gasteiger partial charge in [0.1, 0.15) is 16.7 Å². The van der Waals surface area contributed by atoms with Gasteiger partial charge in [-0.3, -0.25) is 4.79 Å². The number of rotatable bonds is 2. The molecule has 156 valence electrons. The zero-order valence-corrected chi connectivity index (χ0v) is 16.1. The molecule has 8 heteroatoms. The molecule has 0 fully saturated rings. The topological polar surface area (TPSA) is 75.4 Å². The Kier molecular flexibility index (Phi) is 3.92. The van der Waals surface area contributed by atoms with Crippen LogP contribution in [0.25, 0.3) is 11.1 Å². The minimum Gasteiger partial charge on any atom is -0.508 e. The molecular weight excluding hydrogens is 409 g/mol. The molecule has 0 radical (unpaired) electrons. The number of aromatic hydroxyl groups is 1. The van der Waals surface area contributed by atoms with E-state index < -0.39 is 23.1 Å². The summed E-state index contributed by atoms with van der Waals surface area (Å²) in [5.74, 6) is -0.213. The number of aryl methyl sites for hydroxylation is 1. The van der Waals surface area contributed by atoms with Gasteiger partial charge >= 0.3 is 6.18 Å². The van der Waals surface area contributed by atoms with Crippen LogP contribution in [-0.2, 0) is 16.4 Å². The smallest absolute Gasteiger partial charge is 0.418 e. The Morgan fingerprint density at radius 2 is 1.74 bits per heavy atom. The number of aromatic nitrogens is 1. The number of carbonyl (C=O) groups excluding carboxylic acids is 1. The third-order valence-electron chi connectivity index (χ3n) is 5.58. The second-order valence-electron chi connectivity index (χ2n) is 7.39. The van der Waals surface area contributed by atoms with E-state index in [1.165, 1.54) is 36.4 Å². The predicted molar refractivity (Wildman–Crippen MR) is 107 cm³/mol. The van der Waals surface area contributed by atoms with Gasteiger partial charge < -0.3 is 14.8 Å². The Hall–Kier alpha value is -3.81.